The van der Waals surface area contributed by atoms with Gasteiger partial charge in [-0.25, -0.2) is 4.98 Å². The van der Waals surface area contributed by atoms with Gasteiger partial charge in [-0.05, 0) is 31.0 Å². The molecule has 1 N–H and O–H groups in total. The van der Waals surface area contributed by atoms with Crippen molar-refractivity contribution in [3.05, 3.63) is 47.0 Å². The first kappa shape index (κ1) is 19.1. The minimum atomic E-state index is -0.563. The zero-order chi connectivity index (χ0) is 14.5. The molecule has 0 unspecified atom stereocenters. The van der Waals surface area contributed by atoms with Gasteiger partial charge >= 0.3 is 58.2 Å². The molecular weight excluding hydrogens is 358 g/mol. The summed E-state index contributed by atoms with van der Waals surface area (Å²) in [5, 5.41) is 0. The number of aromatic nitrogens is 1. The molecular formula is C15H17N2O2RbS. The molecule has 0 saturated heterocycles. The van der Waals surface area contributed by atoms with Crippen molar-refractivity contribution >= 4 is 17.7 Å². The Morgan fingerprint density at radius 2 is 2.00 bits per heavy atom. The number of amides is 1. The molecule has 1 aromatic carbocycles. The third kappa shape index (κ3) is 5.64. The fourth-order valence-corrected chi connectivity index (χ4v) is 2.56. The van der Waals surface area contributed by atoms with Crippen LogP contribution in [0.2, 0.25) is 0 Å². The smallest absolute Gasteiger partial charge is 0.667 e. The molecule has 0 spiro atoms. The number of hydrogen-bond acceptors (Lipinski definition) is 4. The Morgan fingerprint density at radius 1 is 1.33 bits per heavy atom. The van der Waals surface area contributed by atoms with Crippen LogP contribution in [0.15, 0.2) is 28.7 Å². The van der Waals surface area contributed by atoms with Gasteiger partial charge in [0.1, 0.15) is 5.76 Å². The number of benzene rings is 1. The number of nitrogens with zero attached hydrogens (tertiary/aromatic N) is 1. The predicted octanol–water partition coefficient (Wildman–Crippen LogP) is 1.03. The van der Waals surface area contributed by atoms with Gasteiger partial charge in [0.15, 0.2) is 0 Å². The van der Waals surface area contributed by atoms with Crippen molar-refractivity contribution < 1.29 is 67.4 Å². The van der Waals surface area contributed by atoms with Crippen LogP contribution in [0.3, 0.4) is 0 Å². The van der Waals surface area contributed by atoms with E-state index < -0.39 is 5.91 Å². The number of carbonyl (C=O) groups is 1. The summed E-state index contributed by atoms with van der Waals surface area (Å²) in [4.78, 5) is 15.1. The van der Waals surface area contributed by atoms with E-state index >= 15 is 0 Å². The average molecular weight is 375 g/mol. The van der Waals surface area contributed by atoms with E-state index in [1.807, 2.05) is 19.1 Å². The summed E-state index contributed by atoms with van der Waals surface area (Å²) in [6.45, 7) is 3.99. The van der Waals surface area contributed by atoms with E-state index in [0.717, 1.165) is 23.4 Å². The van der Waals surface area contributed by atoms with Crippen LogP contribution in [0.4, 0.5) is 0 Å². The standard InChI is InChI=1S/C15H18N2O2S.Rb/c1-3-11-4-6-12(7-5-11)15-17-13(10(2)19-15)8-20-9-14(16)18;/h4-7H,3,8-9H2,1-2H3,(H2,16,18);/q;+1/p-1. The van der Waals surface area contributed by atoms with Crippen LogP contribution in [0.1, 0.15) is 23.9 Å². The summed E-state index contributed by atoms with van der Waals surface area (Å²) in [6.07, 6.45) is 1.01. The van der Waals surface area contributed by atoms with Crippen LogP contribution in [-0.2, 0) is 17.0 Å². The summed E-state index contributed by atoms with van der Waals surface area (Å²) >= 11 is 1.38. The van der Waals surface area contributed by atoms with Gasteiger partial charge in [-0.3, -0.25) is 0 Å². The largest absolute Gasteiger partial charge is 1.00 e. The molecule has 1 amide bonds. The van der Waals surface area contributed by atoms with E-state index in [1.54, 1.807) is 0 Å². The zero-order valence-electron chi connectivity index (χ0n) is 12.6. The number of hydrogen-bond donors (Lipinski definition) is 0. The molecule has 1 heterocycles. The molecule has 2 rings (SSSR count). The quantitative estimate of drug-likeness (QED) is 0.757. The molecule has 0 radical (unpaired) electrons. The molecule has 0 aliphatic carbocycles. The van der Waals surface area contributed by atoms with Crippen molar-refractivity contribution in [1.29, 1.82) is 0 Å². The SMILES string of the molecule is CCc1ccc(-c2nc(CSCC([NH-])=O)c(C)o2)cc1.[Rb+]. The zero-order valence-corrected chi connectivity index (χ0v) is 18.3. The second kappa shape index (κ2) is 9.25. The van der Waals surface area contributed by atoms with Gasteiger partial charge in [0.25, 0.3) is 0 Å². The molecule has 0 atom stereocenters. The van der Waals surface area contributed by atoms with Crippen LogP contribution in [0.25, 0.3) is 17.2 Å². The molecule has 0 aliphatic heterocycles. The number of thioether (sulfide) groups is 1. The molecule has 21 heavy (non-hydrogen) atoms. The maximum atomic E-state index is 10.6. The van der Waals surface area contributed by atoms with Crippen LogP contribution in [0.5, 0.6) is 0 Å². The normalized spacial score (nSPS) is 10.2. The van der Waals surface area contributed by atoms with Crippen LogP contribution in [-0.4, -0.2) is 16.6 Å². The van der Waals surface area contributed by atoms with E-state index in [2.05, 4.69) is 24.0 Å². The average Bonchev–Trinajstić information content (AvgIpc) is 2.80. The van der Waals surface area contributed by atoms with E-state index in [0.29, 0.717) is 11.6 Å². The Bertz CT molecular complexity index is 596. The fourth-order valence-electron chi connectivity index (χ4n) is 1.81. The molecule has 2 aromatic rings. The van der Waals surface area contributed by atoms with Gasteiger partial charge in [0, 0.05) is 17.1 Å². The van der Waals surface area contributed by atoms with Crippen LogP contribution in [0, 0.1) is 6.92 Å². The summed E-state index contributed by atoms with van der Waals surface area (Å²) in [6, 6.07) is 8.16. The van der Waals surface area contributed by atoms with Gasteiger partial charge in [0.2, 0.25) is 5.89 Å². The maximum Gasteiger partial charge on any atom is 1.00 e. The Kier molecular flexibility index (Phi) is 8.42. The van der Waals surface area contributed by atoms with E-state index in [-0.39, 0.29) is 63.9 Å². The van der Waals surface area contributed by atoms with Crippen molar-refractivity contribution in [1.82, 2.24) is 4.98 Å². The summed E-state index contributed by atoms with van der Waals surface area (Å²) in [5.41, 5.74) is 9.95. The van der Waals surface area contributed by atoms with E-state index in [9.17, 15) is 4.79 Å². The van der Waals surface area contributed by atoms with Gasteiger partial charge in [-0.2, -0.15) is 0 Å². The van der Waals surface area contributed by atoms with Gasteiger partial charge in [-0.15, -0.1) is 11.8 Å². The second-order valence-electron chi connectivity index (χ2n) is 4.49. The van der Waals surface area contributed by atoms with Gasteiger partial charge in [-0.1, -0.05) is 19.1 Å². The van der Waals surface area contributed by atoms with Crippen LogP contribution >= 0.6 is 11.8 Å². The molecule has 0 bridgehead atoms. The molecule has 6 heteroatoms. The van der Waals surface area contributed by atoms with E-state index in [4.69, 9.17) is 10.2 Å². The Balaban J connectivity index is 0.00000220. The van der Waals surface area contributed by atoms with Crippen molar-refractivity contribution in [2.75, 3.05) is 5.75 Å². The van der Waals surface area contributed by atoms with E-state index in [1.165, 1.54) is 17.3 Å². The molecule has 0 fully saturated rings. The van der Waals surface area contributed by atoms with Gasteiger partial charge < -0.3 is 14.9 Å². The topological polar surface area (TPSA) is 66.9 Å². The molecule has 1 aromatic heterocycles. The van der Waals surface area contributed by atoms with Crippen molar-refractivity contribution in [2.45, 2.75) is 26.0 Å². The number of nitrogens with one attached hydrogen (secondary N) is 1. The number of oxazole rings is 1. The van der Waals surface area contributed by atoms with Crippen molar-refractivity contribution in [3.8, 4) is 11.5 Å². The molecule has 4 nitrogen and oxygen atoms in total. The number of aryl methyl sites for hydroxylation is 2. The molecule has 0 aliphatic rings. The Labute approximate surface area is 178 Å². The van der Waals surface area contributed by atoms with Gasteiger partial charge in [0.05, 0.1) is 11.6 Å². The first-order valence-corrected chi connectivity index (χ1v) is 7.63. The number of carbonyl (C=O) groups excluding carboxylic acids is 1. The summed E-state index contributed by atoms with van der Waals surface area (Å²) < 4.78 is 5.68. The monoisotopic (exact) mass is 374 g/mol. The maximum absolute atomic E-state index is 10.6. The third-order valence-electron chi connectivity index (χ3n) is 2.97. The Morgan fingerprint density at radius 3 is 2.57 bits per heavy atom. The third-order valence-corrected chi connectivity index (χ3v) is 3.92. The summed E-state index contributed by atoms with van der Waals surface area (Å²) in [5.74, 6) is 1.59. The number of rotatable bonds is 6. The summed E-state index contributed by atoms with van der Waals surface area (Å²) in [7, 11) is 0. The molecule has 106 valence electrons. The predicted molar refractivity (Wildman–Crippen MR) is 81.5 cm³/mol. The van der Waals surface area contributed by atoms with Crippen LogP contribution < -0.4 is 58.2 Å². The molecule has 0 saturated carbocycles. The first-order valence-electron chi connectivity index (χ1n) is 6.48. The minimum absolute atomic E-state index is 0. The minimum Gasteiger partial charge on any atom is -0.667 e. The second-order valence-corrected chi connectivity index (χ2v) is 5.47. The Hall–Kier alpha value is 0.0552. The van der Waals surface area contributed by atoms with Crippen molar-refractivity contribution in [2.24, 2.45) is 0 Å². The first-order chi connectivity index (χ1) is 9.60. The fraction of sp³-hybridized carbons (Fsp3) is 0.333. The van der Waals surface area contributed by atoms with Crippen molar-refractivity contribution in [3.63, 3.8) is 0 Å².